The molecule has 1 N–H and O–H groups in total. The smallest absolute Gasteiger partial charge is 0.328 e. The Morgan fingerprint density at radius 3 is 2.46 bits per heavy atom. The van der Waals surface area contributed by atoms with Gasteiger partial charge in [-0.2, -0.15) is 0 Å². The lowest BCUT2D eigenvalue weighted by atomic mass is 9.99. The van der Waals surface area contributed by atoms with Crippen molar-refractivity contribution in [3.8, 4) is 5.75 Å². The highest BCUT2D eigenvalue weighted by Gasteiger charge is 2.26. The lowest BCUT2D eigenvalue weighted by Crippen LogP contribution is -2.47. The zero-order chi connectivity index (χ0) is 19.7. The van der Waals surface area contributed by atoms with Gasteiger partial charge in [-0.05, 0) is 23.6 Å². The van der Waals surface area contributed by atoms with Crippen molar-refractivity contribution in [1.82, 2.24) is 5.32 Å². The van der Waals surface area contributed by atoms with Crippen LogP contribution in [0.25, 0.3) is 0 Å². The van der Waals surface area contributed by atoms with Crippen LogP contribution in [-0.4, -0.2) is 44.7 Å². The number of nitrogens with one attached hydrogen (secondary N) is 1. The van der Waals surface area contributed by atoms with Crippen molar-refractivity contribution in [3.63, 3.8) is 0 Å². The largest absolute Gasteiger partial charge is 0.494 e. The third-order valence-corrected chi connectivity index (χ3v) is 3.91. The first-order valence-corrected chi connectivity index (χ1v) is 8.17. The van der Waals surface area contributed by atoms with Crippen LogP contribution in [0, 0.1) is 11.7 Å². The molecule has 0 aliphatic rings. The minimum atomic E-state index is -0.813. The second-order valence-corrected chi connectivity index (χ2v) is 5.76. The molecule has 8 heteroatoms. The first-order valence-electron chi connectivity index (χ1n) is 8.17. The third kappa shape index (κ3) is 6.34. The van der Waals surface area contributed by atoms with Crippen molar-refractivity contribution in [2.75, 3.05) is 20.8 Å². The molecule has 26 heavy (non-hydrogen) atoms. The van der Waals surface area contributed by atoms with Gasteiger partial charge in [0.05, 0.1) is 20.6 Å². The molecule has 1 amide bonds. The molecule has 2 atom stereocenters. The van der Waals surface area contributed by atoms with Gasteiger partial charge in [0.15, 0.2) is 18.2 Å². The lowest BCUT2D eigenvalue weighted by molar-refractivity contribution is -0.150. The van der Waals surface area contributed by atoms with Crippen molar-refractivity contribution in [2.24, 2.45) is 5.92 Å². The van der Waals surface area contributed by atoms with Crippen LogP contribution in [0.5, 0.6) is 5.75 Å². The number of amides is 1. The van der Waals surface area contributed by atoms with Gasteiger partial charge in [0.2, 0.25) is 0 Å². The van der Waals surface area contributed by atoms with E-state index in [1.165, 1.54) is 26.4 Å². The van der Waals surface area contributed by atoms with Crippen molar-refractivity contribution < 1.29 is 33.0 Å². The molecule has 0 saturated heterocycles. The van der Waals surface area contributed by atoms with Crippen LogP contribution in [-0.2, 0) is 30.3 Å². The van der Waals surface area contributed by atoms with Gasteiger partial charge in [0.25, 0.3) is 5.91 Å². The fourth-order valence-electron chi connectivity index (χ4n) is 2.19. The summed E-state index contributed by atoms with van der Waals surface area (Å²) in [5.74, 6) is -2.53. The molecule has 7 nitrogen and oxygen atoms in total. The molecule has 144 valence electrons. The molecule has 0 bridgehead atoms. The number of benzene rings is 1. The van der Waals surface area contributed by atoms with Crippen molar-refractivity contribution in [2.45, 2.75) is 32.7 Å². The molecule has 1 aromatic rings. The van der Waals surface area contributed by atoms with Gasteiger partial charge in [0.1, 0.15) is 6.04 Å². The van der Waals surface area contributed by atoms with E-state index < -0.39 is 36.3 Å². The fourth-order valence-corrected chi connectivity index (χ4v) is 2.19. The van der Waals surface area contributed by atoms with Crippen molar-refractivity contribution >= 4 is 17.8 Å². The number of esters is 2. The van der Waals surface area contributed by atoms with E-state index in [1.54, 1.807) is 6.92 Å². The monoisotopic (exact) mass is 369 g/mol. The number of carbonyl (C=O) groups is 3. The van der Waals surface area contributed by atoms with Crippen molar-refractivity contribution in [1.29, 1.82) is 0 Å². The molecule has 0 spiro atoms. The Morgan fingerprint density at radius 2 is 1.92 bits per heavy atom. The van der Waals surface area contributed by atoms with E-state index in [-0.39, 0.29) is 18.1 Å². The van der Waals surface area contributed by atoms with Crippen molar-refractivity contribution in [3.05, 3.63) is 29.6 Å². The summed E-state index contributed by atoms with van der Waals surface area (Å²) in [5, 5.41) is 2.49. The van der Waals surface area contributed by atoms with E-state index in [0.29, 0.717) is 12.0 Å². The standard InChI is InChI=1S/C18H24FNO6/c1-5-11(2)17(18(23)25-4)20-15(21)10-26-16(22)9-12-6-7-14(24-3)13(19)8-12/h6-8,11,17H,5,9-10H2,1-4H3,(H,20,21)/t11-,17-/m0/s1. The van der Waals surface area contributed by atoms with Crippen LogP contribution >= 0.6 is 0 Å². The number of rotatable bonds is 9. The summed E-state index contributed by atoms with van der Waals surface area (Å²) in [4.78, 5) is 35.4. The number of hydrogen-bond donors (Lipinski definition) is 1. The highest BCUT2D eigenvalue weighted by molar-refractivity contribution is 5.86. The van der Waals surface area contributed by atoms with E-state index in [1.807, 2.05) is 6.92 Å². The summed E-state index contributed by atoms with van der Waals surface area (Å²) >= 11 is 0. The van der Waals surface area contributed by atoms with Gasteiger partial charge in [-0.3, -0.25) is 9.59 Å². The number of hydrogen-bond acceptors (Lipinski definition) is 6. The minimum Gasteiger partial charge on any atom is -0.494 e. The van der Waals surface area contributed by atoms with Gasteiger partial charge in [0, 0.05) is 0 Å². The molecule has 0 radical (unpaired) electrons. The number of methoxy groups -OCH3 is 2. The molecule has 0 aromatic heterocycles. The number of halogens is 1. The van der Waals surface area contributed by atoms with E-state index >= 15 is 0 Å². The Bertz CT molecular complexity index is 649. The lowest BCUT2D eigenvalue weighted by Gasteiger charge is -2.21. The Balaban J connectivity index is 2.54. The third-order valence-electron chi connectivity index (χ3n) is 3.91. The Hall–Kier alpha value is -2.64. The quantitative estimate of drug-likeness (QED) is 0.665. The van der Waals surface area contributed by atoms with E-state index in [9.17, 15) is 18.8 Å². The molecular formula is C18H24FNO6. The summed E-state index contributed by atoms with van der Waals surface area (Å²) in [7, 11) is 2.57. The van der Waals surface area contributed by atoms with Gasteiger partial charge >= 0.3 is 11.9 Å². The molecule has 1 rings (SSSR count). The Kier molecular flexibility index (Phi) is 8.54. The highest BCUT2D eigenvalue weighted by atomic mass is 19.1. The van der Waals surface area contributed by atoms with Crippen LogP contribution in [0.2, 0.25) is 0 Å². The maximum absolute atomic E-state index is 13.6. The van der Waals surface area contributed by atoms with Gasteiger partial charge in [-0.15, -0.1) is 0 Å². The van der Waals surface area contributed by atoms with Gasteiger partial charge in [-0.25, -0.2) is 9.18 Å². The SMILES string of the molecule is CC[C@H](C)[C@H](NC(=O)COC(=O)Cc1ccc(OC)c(F)c1)C(=O)OC. The summed E-state index contributed by atoms with van der Waals surface area (Å²) < 4.78 is 27.9. The Labute approximate surface area is 151 Å². The maximum atomic E-state index is 13.6. The van der Waals surface area contributed by atoms with Gasteiger partial charge in [-0.1, -0.05) is 26.3 Å². The van der Waals surface area contributed by atoms with E-state index in [0.717, 1.165) is 6.07 Å². The first kappa shape index (κ1) is 21.4. The summed E-state index contributed by atoms with van der Waals surface area (Å²) in [6.45, 7) is 3.13. The highest BCUT2D eigenvalue weighted by Crippen LogP contribution is 2.18. The normalized spacial score (nSPS) is 12.7. The first-order chi connectivity index (χ1) is 12.3. The van der Waals surface area contributed by atoms with E-state index in [4.69, 9.17) is 9.47 Å². The second-order valence-electron chi connectivity index (χ2n) is 5.76. The van der Waals surface area contributed by atoms with Crippen LogP contribution in [0.4, 0.5) is 4.39 Å². The molecule has 0 aliphatic heterocycles. The second kappa shape index (κ2) is 10.4. The van der Waals surface area contributed by atoms with Crippen LogP contribution in [0.3, 0.4) is 0 Å². The molecule has 0 heterocycles. The zero-order valence-electron chi connectivity index (χ0n) is 15.3. The summed E-state index contributed by atoms with van der Waals surface area (Å²) in [6.07, 6.45) is 0.461. The number of ether oxygens (including phenoxy) is 3. The van der Waals surface area contributed by atoms with Crippen LogP contribution in [0.1, 0.15) is 25.8 Å². The topological polar surface area (TPSA) is 90.9 Å². The zero-order valence-corrected chi connectivity index (χ0v) is 15.3. The van der Waals surface area contributed by atoms with Crippen LogP contribution < -0.4 is 10.1 Å². The van der Waals surface area contributed by atoms with E-state index in [2.05, 4.69) is 10.1 Å². The summed E-state index contributed by atoms with van der Waals surface area (Å²) in [5.41, 5.74) is 0.390. The maximum Gasteiger partial charge on any atom is 0.328 e. The average Bonchev–Trinajstić information content (AvgIpc) is 2.63. The summed E-state index contributed by atoms with van der Waals surface area (Å²) in [6, 6.07) is 3.28. The van der Waals surface area contributed by atoms with Crippen LogP contribution in [0.15, 0.2) is 18.2 Å². The molecule has 0 fully saturated rings. The molecule has 0 unspecified atom stereocenters. The molecule has 0 aliphatic carbocycles. The molecule has 1 aromatic carbocycles. The molecule has 0 saturated carbocycles. The fraction of sp³-hybridized carbons (Fsp3) is 0.500. The predicted octanol–water partition coefficient (Wildman–Crippen LogP) is 1.62. The predicted molar refractivity (Wildman–Crippen MR) is 91.0 cm³/mol. The average molecular weight is 369 g/mol. The number of carbonyl (C=O) groups excluding carboxylic acids is 3. The Morgan fingerprint density at radius 1 is 1.23 bits per heavy atom. The van der Waals surface area contributed by atoms with Gasteiger partial charge < -0.3 is 19.5 Å². The minimum absolute atomic E-state index is 0.0698. The molecular weight excluding hydrogens is 345 g/mol.